The van der Waals surface area contributed by atoms with Crippen molar-refractivity contribution < 1.29 is 54.1 Å². The second-order valence-electron chi connectivity index (χ2n) is 7.01. The first-order chi connectivity index (χ1) is 14.6. The lowest BCUT2D eigenvalue weighted by Gasteiger charge is -2.46. The number of carboxylic acid groups (broad SMARTS) is 1. The number of ether oxygens (including phenoxy) is 3. The molecular weight excluding hydrogens is 418 g/mol. The maximum atomic E-state index is 12.1. The summed E-state index contributed by atoms with van der Waals surface area (Å²) in [5, 5.41) is 52.2. The van der Waals surface area contributed by atoms with Crippen molar-refractivity contribution in [2.24, 2.45) is 0 Å². The molecule has 6 N–H and O–H groups in total. The van der Waals surface area contributed by atoms with Crippen molar-refractivity contribution in [1.29, 1.82) is 0 Å². The highest BCUT2D eigenvalue weighted by Gasteiger charge is 2.56. The van der Waals surface area contributed by atoms with E-state index in [0.717, 1.165) is 6.92 Å². The van der Waals surface area contributed by atoms with Crippen LogP contribution in [0.4, 0.5) is 0 Å². The predicted molar refractivity (Wildman–Crippen MR) is 102 cm³/mol. The fourth-order valence-electron chi connectivity index (χ4n) is 3.25. The zero-order valence-corrected chi connectivity index (χ0v) is 16.8. The van der Waals surface area contributed by atoms with E-state index < -0.39 is 61.1 Å². The summed E-state index contributed by atoms with van der Waals surface area (Å²) in [7, 11) is 1.26. The number of benzene rings is 1. The number of amides is 1. The van der Waals surface area contributed by atoms with Gasteiger partial charge in [0, 0.05) is 12.5 Å². The normalized spacial score (nSPS) is 27.6. The number of carboxylic acids is 1. The van der Waals surface area contributed by atoms with Crippen LogP contribution in [0.5, 0.6) is 11.5 Å². The summed E-state index contributed by atoms with van der Waals surface area (Å²) in [5.74, 6) is -5.00. The molecule has 0 aliphatic carbocycles. The van der Waals surface area contributed by atoms with E-state index in [1.807, 2.05) is 0 Å². The summed E-state index contributed by atoms with van der Waals surface area (Å²) in [6.45, 7) is 0.236. The molecule has 172 valence electrons. The van der Waals surface area contributed by atoms with E-state index >= 15 is 0 Å². The number of rotatable bonds is 9. The fraction of sp³-hybridized carbons (Fsp3) is 0.526. The molecule has 12 heteroatoms. The molecule has 0 saturated carbocycles. The average molecular weight is 443 g/mol. The molecule has 0 unspecified atom stereocenters. The van der Waals surface area contributed by atoms with Crippen LogP contribution in [-0.4, -0.2) is 93.7 Å². The molecular formula is C19H25NO11. The summed E-state index contributed by atoms with van der Waals surface area (Å²) < 4.78 is 16.2. The largest absolute Gasteiger partial charge is 0.493 e. The minimum absolute atomic E-state index is 0.000194. The standard InChI is InChI=1S/C19H25NO11/c1-9(23)20-15-11(24)6-19(18(27)28,31-17(15)16(26)12(25)8-22)30-13-4-3-10(7-21)5-14(13)29-2/h3-5,7,11-12,15-17,22,24-26H,6,8H2,1-2H3,(H,20,23)(H,27,28)/t11-,12+,15+,16+,17+,19+/m0/s1. The molecule has 12 nitrogen and oxygen atoms in total. The Bertz CT molecular complexity index is 816. The van der Waals surface area contributed by atoms with Crippen molar-refractivity contribution in [3.05, 3.63) is 23.8 Å². The van der Waals surface area contributed by atoms with Crippen LogP contribution in [0.1, 0.15) is 23.7 Å². The monoisotopic (exact) mass is 443 g/mol. The van der Waals surface area contributed by atoms with E-state index in [9.17, 15) is 34.8 Å². The van der Waals surface area contributed by atoms with Gasteiger partial charge in [-0.15, -0.1) is 0 Å². The number of aldehydes is 1. The Hall–Kier alpha value is -2.77. The third-order valence-electron chi connectivity index (χ3n) is 4.79. The van der Waals surface area contributed by atoms with Gasteiger partial charge in [-0.2, -0.15) is 0 Å². The van der Waals surface area contributed by atoms with E-state index in [-0.39, 0.29) is 17.1 Å². The minimum atomic E-state index is -2.56. The third kappa shape index (κ3) is 5.29. The molecule has 2 rings (SSSR count). The van der Waals surface area contributed by atoms with E-state index in [0.29, 0.717) is 6.29 Å². The molecule has 1 aliphatic heterocycles. The van der Waals surface area contributed by atoms with Gasteiger partial charge in [0.15, 0.2) is 11.5 Å². The molecule has 0 spiro atoms. The molecule has 1 aliphatic rings. The molecule has 1 saturated heterocycles. The van der Waals surface area contributed by atoms with Crippen LogP contribution in [0.15, 0.2) is 18.2 Å². The number of methoxy groups -OCH3 is 1. The summed E-state index contributed by atoms with van der Waals surface area (Å²) in [5.41, 5.74) is 0.225. The van der Waals surface area contributed by atoms with Gasteiger partial charge in [0.2, 0.25) is 5.91 Å². The Labute approximate surface area is 177 Å². The molecule has 0 aromatic heterocycles. The molecule has 1 fully saturated rings. The summed E-state index contributed by atoms with van der Waals surface area (Å²) in [6.07, 6.45) is -7.05. The van der Waals surface area contributed by atoms with Crippen LogP contribution in [0.25, 0.3) is 0 Å². The molecule has 0 bridgehead atoms. The number of hydrogen-bond donors (Lipinski definition) is 6. The van der Waals surface area contributed by atoms with Crippen molar-refractivity contribution in [3.63, 3.8) is 0 Å². The van der Waals surface area contributed by atoms with Gasteiger partial charge in [0.1, 0.15) is 24.6 Å². The molecule has 1 amide bonds. The molecule has 31 heavy (non-hydrogen) atoms. The van der Waals surface area contributed by atoms with Gasteiger partial charge in [0.25, 0.3) is 0 Å². The second kappa shape index (κ2) is 10.0. The number of carbonyl (C=O) groups is 3. The summed E-state index contributed by atoms with van der Waals surface area (Å²) in [6, 6.07) is 2.57. The van der Waals surface area contributed by atoms with Crippen LogP contribution >= 0.6 is 0 Å². The van der Waals surface area contributed by atoms with Gasteiger partial charge >= 0.3 is 11.8 Å². The first kappa shape index (κ1) is 24.5. The van der Waals surface area contributed by atoms with Crippen molar-refractivity contribution in [3.8, 4) is 11.5 Å². The highest BCUT2D eigenvalue weighted by molar-refractivity contribution is 5.78. The van der Waals surface area contributed by atoms with Crippen molar-refractivity contribution in [2.45, 2.75) is 49.6 Å². The van der Waals surface area contributed by atoms with Gasteiger partial charge in [-0.25, -0.2) is 4.79 Å². The average Bonchev–Trinajstić information content (AvgIpc) is 2.74. The Kier molecular flexibility index (Phi) is 7.92. The van der Waals surface area contributed by atoms with Crippen LogP contribution in [0.2, 0.25) is 0 Å². The first-order valence-corrected chi connectivity index (χ1v) is 9.24. The molecule has 1 heterocycles. The number of aliphatic hydroxyl groups excluding tert-OH is 4. The van der Waals surface area contributed by atoms with Crippen LogP contribution in [0.3, 0.4) is 0 Å². The van der Waals surface area contributed by atoms with Crippen molar-refractivity contribution in [1.82, 2.24) is 5.32 Å². The zero-order chi connectivity index (χ0) is 23.3. The maximum absolute atomic E-state index is 12.1. The van der Waals surface area contributed by atoms with Gasteiger partial charge in [-0.3, -0.25) is 9.59 Å². The zero-order valence-electron chi connectivity index (χ0n) is 16.8. The summed E-state index contributed by atoms with van der Waals surface area (Å²) >= 11 is 0. The lowest BCUT2D eigenvalue weighted by atomic mass is 9.88. The SMILES string of the molecule is COc1cc(C=O)ccc1O[C@]1(C(=O)O)C[C@H](O)[C@@H](NC(C)=O)[C@H]([C@H](O)[C@H](O)CO)O1. The van der Waals surface area contributed by atoms with Crippen LogP contribution in [0, 0.1) is 0 Å². The Morgan fingerprint density at radius 3 is 2.55 bits per heavy atom. The number of aliphatic carboxylic acids is 1. The van der Waals surface area contributed by atoms with Crippen molar-refractivity contribution >= 4 is 18.2 Å². The lowest BCUT2D eigenvalue weighted by Crippen LogP contribution is -2.68. The van der Waals surface area contributed by atoms with Gasteiger partial charge in [-0.1, -0.05) is 0 Å². The maximum Gasteiger partial charge on any atom is 0.377 e. The van der Waals surface area contributed by atoms with Gasteiger partial charge in [-0.05, 0) is 18.2 Å². The molecule has 6 atom stereocenters. The van der Waals surface area contributed by atoms with Gasteiger partial charge in [0.05, 0.1) is 32.3 Å². The van der Waals surface area contributed by atoms with E-state index in [2.05, 4.69) is 5.32 Å². The Balaban J connectivity index is 2.48. The number of aliphatic hydroxyl groups is 4. The second-order valence-corrected chi connectivity index (χ2v) is 7.01. The van der Waals surface area contributed by atoms with Crippen LogP contribution in [-0.2, 0) is 14.3 Å². The highest BCUT2D eigenvalue weighted by Crippen LogP contribution is 2.38. The van der Waals surface area contributed by atoms with E-state index in [4.69, 9.17) is 19.3 Å². The number of nitrogens with one attached hydrogen (secondary N) is 1. The number of hydrogen-bond acceptors (Lipinski definition) is 10. The molecule has 1 aromatic rings. The highest BCUT2D eigenvalue weighted by atomic mass is 16.7. The first-order valence-electron chi connectivity index (χ1n) is 9.24. The lowest BCUT2D eigenvalue weighted by molar-refractivity contribution is -0.284. The smallest absolute Gasteiger partial charge is 0.377 e. The Morgan fingerprint density at radius 1 is 1.35 bits per heavy atom. The quantitative estimate of drug-likeness (QED) is 0.232. The minimum Gasteiger partial charge on any atom is -0.493 e. The topological polar surface area (TPSA) is 192 Å². The van der Waals surface area contributed by atoms with Crippen LogP contribution < -0.4 is 14.8 Å². The van der Waals surface area contributed by atoms with E-state index in [1.54, 1.807) is 0 Å². The third-order valence-corrected chi connectivity index (χ3v) is 4.79. The molecule has 1 aromatic carbocycles. The fourth-order valence-corrected chi connectivity index (χ4v) is 3.25. The van der Waals surface area contributed by atoms with Crippen molar-refractivity contribution in [2.75, 3.05) is 13.7 Å². The number of carbonyl (C=O) groups excluding carboxylic acids is 2. The predicted octanol–water partition coefficient (Wildman–Crippen LogP) is -1.96. The van der Waals surface area contributed by atoms with Gasteiger partial charge < -0.3 is 45.1 Å². The Morgan fingerprint density at radius 2 is 2.03 bits per heavy atom. The molecule has 0 radical (unpaired) electrons. The summed E-state index contributed by atoms with van der Waals surface area (Å²) in [4.78, 5) is 34.6. The van der Waals surface area contributed by atoms with E-state index in [1.165, 1.54) is 25.3 Å².